The Hall–Kier alpha value is -1.38. The van der Waals surface area contributed by atoms with Gasteiger partial charge in [0.2, 0.25) is 0 Å². The Morgan fingerprint density at radius 3 is 2.16 bits per heavy atom. The van der Waals surface area contributed by atoms with Gasteiger partial charge in [0.1, 0.15) is 6.10 Å². The highest BCUT2D eigenvalue weighted by Gasteiger charge is 2.42. The van der Waals surface area contributed by atoms with Crippen LogP contribution in [0.3, 0.4) is 0 Å². The highest BCUT2D eigenvalue weighted by molar-refractivity contribution is 7.84. The van der Waals surface area contributed by atoms with E-state index in [4.69, 9.17) is 9.16 Å². The molecular weight excluding hydrogens is 436 g/mol. The van der Waals surface area contributed by atoms with Crippen LogP contribution < -0.4 is 4.72 Å². The maximum absolute atomic E-state index is 13.1. The molecule has 32 heavy (non-hydrogen) atoms. The van der Waals surface area contributed by atoms with Gasteiger partial charge in [-0.05, 0) is 56.6 Å². The number of nitrogens with zero attached hydrogens (tertiary/aromatic N) is 1. The average molecular weight is 477 g/mol. The number of benzene rings is 1. The Morgan fingerprint density at radius 1 is 1.00 bits per heavy atom. The molecule has 7 heteroatoms. The first-order valence-corrected chi connectivity index (χ1v) is 15.3. The van der Waals surface area contributed by atoms with Gasteiger partial charge in [0.05, 0.1) is 40.7 Å². The molecule has 0 fully saturated rings. The molecule has 0 radical (unpaired) electrons. The van der Waals surface area contributed by atoms with Crippen molar-refractivity contribution in [1.29, 1.82) is 0 Å². The fourth-order valence-corrected chi connectivity index (χ4v) is 4.86. The molecule has 2 rings (SSSR count). The van der Waals surface area contributed by atoms with E-state index in [9.17, 15) is 4.21 Å². The molecular formula is C25H40N2O3SSi. The fourth-order valence-electron chi connectivity index (χ4n) is 2.76. The molecule has 0 bridgehead atoms. The third-order valence-electron chi connectivity index (χ3n) is 5.80. The second-order valence-corrected chi connectivity index (χ2v) is 17.4. The lowest BCUT2D eigenvalue weighted by Gasteiger charge is -2.41. The van der Waals surface area contributed by atoms with E-state index >= 15 is 0 Å². The van der Waals surface area contributed by atoms with E-state index in [1.165, 1.54) is 0 Å². The van der Waals surface area contributed by atoms with E-state index in [0.717, 1.165) is 11.3 Å². The van der Waals surface area contributed by atoms with Crippen molar-refractivity contribution < 1.29 is 13.4 Å². The summed E-state index contributed by atoms with van der Waals surface area (Å²) in [6.45, 7) is 17.8. The summed E-state index contributed by atoms with van der Waals surface area (Å²) < 4.78 is 29.0. The minimum atomic E-state index is -2.15. The predicted molar refractivity (Wildman–Crippen MR) is 136 cm³/mol. The van der Waals surface area contributed by atoms with E-state index in [1.807, 2.05) is 69.3 Å². The molecule has 1 aromatic carbocycles. The van der Waals surface area contributed by atoms with Crippen LogP contribution in [0.15, 0.2) is 54.7 Å². The number of nitrogens with one attached hydrogen (secondary N) is 1. The molecule has 1 N–H and O–H groups in total. The highest BCUT2D eigenvalue weighted by Crippen LogP contribution is 2.40. The van der Waals surface area contributed by atoms with Crippen molar-refractivity contribution in [3.63, 3.8) is 0 Å². The molecule has 3 atom stereocenters. The molecule has 178 valence electrons. The molecule has 1 aromatic heterocycles. The van der Waals surface area contributed by atoms with Gasteiger partial charge in [-0.3, -0.25) is 4.98 Å². The van der Waals surface area contributed by atoms with E-state index in [-0.39, 0.29) is 17.2 Å². The lowest BCUT2D eigenvalue weighted by Crippen LogP contribution is -2.50. The second-order valence-electron chi connectivity index (χ2n) is 10.7. The zero-order chi connectivity index (χ0) is 24.0. The first-order valence-electron chi connectivity index (χ1n) is 11.2. The molecule has 5 nitrogen and oxygen atoms in total. The molecule has 0 spiro atoms. The number of pyridine rings is 1. The highest BCUT2D eigenvalue weighted by atomic mass is 32.2. The minimum absolute atomic E-state index is 0.0264. The summed E-state index contributed by atoms with van der Waals surface area (Å²) in [5, 5.41) is 0.0264. The average Bonchev–Trinajstić information content (AvgIpc) is 2.71. The van der Waals surface area contributed by atoms with Gasteiger partial charge < -0.3 is 9.16 Å². The maximum atomic E-state index is 13.1. The first-order chi connectivity index (χ1) is 14.8. The zero-order valence-corrected chi connectivity index (χ0v) is 22.7. The standard InChI is InChI=1S/C25H40N2O3SSi/c1-24(2,3)31(28)27-22(19-29-18-20-14-10-9-11-15-20)23(21-16-12-13-17-26-21)30-32(7,8)25(4,5)6/h9-17,22-23,27H,18-19H2,1-8H3/t22-,23?,31+/m0/s1. The van der Waals surface area contributed by atoms with Crippen molar-refractivity contribution in [2.24, 2.45) is 0 Å². The normalized spacial score (nSPS) is 15.9. The molecule has 1 unspecified atom stereocenters. The van der Waals surface area contributed by atoms with Crippen molar-refractivity contribution in [3.05, 3.63) is 66.0 Å². The SMILES string of the molecule is CC(C)(C)[S@@](=O)N[C@@H](COCc1ccccc1)C(O[Si](C)(C)C(C)(C)C)c1ccccn1. The van der Waals surface area contributed by atoms with Gasteiger partial charge in [-0.1, -0.05) is 57.2 Å². The van der Waals surface area contributed by atoms with Crippen molar-refractivity contribution in [3.8, 4) is 0 Å². The smallest absolute Gasteiger partial charge is 0.193 e. The van der Waals surface area contributed by atoms with Crippen molar-refractivity contribution in [2.75, 3.05) is 6.61 Å². The molecule has 2 aromatic rings. The van der Waals surface area contributed by atoms with Crippen molar-refractivity contribution in [2.45, 2.75) is 83.2 Å². The Kier molecular flexibility index (Phi) is 9.37. The van der Waals surface area contributed by atoms with E-state index < -0.39 is 24.1 Å². The van der Waals surface area contributed by atoms with Crippen LogP contribution in [0.5, 0.6) is 0 Å². The van der Waals surface area contributed by atoms with E-state index in [2.05, 4.69) is 43.6 Å². The Morgan fingerprint density at radius 2 is 1.62 bits per heavy atom. The van der Waals surface area contributed by atoms with E-state index in [0.29, 0.717) is 13.2 Å². The lowest BCUT2D eigenvalue weighted by molar-refractivity contribution is 0.0520. The van der Waals surface area contributed by atoms with Crippen molar-refractivity contribution >= 4 is 19.3 Å². The number of aromatic nitrogens is 1. The molecule has 0 saturated carbocycles. The summed E-state index contributed by atoms with van der Waals surface area (Å²) >= 11 is 0. The van der Waals surface area contributed by atoms with Crippen LogP contribution in [-0.4, -0.2) is 34.9 Å². The molecule has 0 aliphatic carbocycles. The van der Waals surface area contributed by atoms with Gasteiger partial charge >= 0.3 is 0 Å². The predicted octanol–water partition coefficient (Wildman–Crippen LogP) is 5.78. The Labute approximate surface area is 198 Å². The van der Waals surface area contributed by atoms with Gasteiger partial charge in [-0.2, -0.15) is 0 Å². The largest absolute Gasteiger partial charge is 0.407 e. The van der Waals surface area contributed by atoms with Crippen LogP contribution in [-0.2, 0) is 26.8 Å². The summed E-state index contributed by atoms with van der Waals surface area (Å²) in [4.78, 5) is 4.60. The van der Waals surface area contributed by atoms with Crippen LogP contribution >= 0.6 is 0 Å². The number of rotatable bonds is 10. The third kappa shape index (κ3) is 7.88. The van der Waals surface area contributed by atoms with Crippen LogP contribution in [0.4, 0.5) is 0 Å². The van der Waals surface area contributed by atoms with Crippen LogP contribution in [0, 0.1) is 0 Å². The van der Waals surface area contributed by atoms with Crippen LogP contribution in [0.25, 0.3) is 0 Å². The van der Waals surface area contributed by atoms with Gasteiger partial charge in [0, 0.05) is 6.20 Å². The Bertz CT molecular complexity index is 849. The monoisotopic (exact) mass is 476 g/mol. The third-order valence-corrected chi connectivity index (χ3v) is 11.9. The molecule has 0 amide bonds. The molecule has 0 aliphatic heterocycles. The molecule has 0 aliphatic rings. The van der Waals surface area contributed by atoms with Gasteiger partial charge in [0.25, 0.3) is 0 Å². The first kappa shape index (κ1) is 26.9. The summed E-state index contributed by atoms with van der Waals surface area (Å²) in [7, 11) is -3.43. The summed E-state index contributed by atoms with van der Waals surface area (Å²) in [6, 6.07) is 15.6. The second kappa shape index (κ2) is 11.2. The van der Waals surface area contributed by atoms with Crippen LogP contribution in [0.1, 0.15) is 58.9 Å². The summed E-state index contributed by atoms with van der Waals surface area (Å²) in [6.07, 6.45) is 1.40. The lowest BCUT2D eigenvalue weighted by atomic mass is 10.1. The summed E-state index contributed by atoms with van der Waals surface area (Å²) in [5.74, 6) is 0. The van der Waals surface area contributed by atoms with Crippen molar-refractivity contribution in [1.82, 2.24) is 9.71 Å². The summed E-state index contributed by atoms with van der Waals surface area (Å²) in [5.41, 5.74) is 1.92. The van der Waals surface area contributed by atoms with Gasteiger partial charge in [0.15, 0.2) is 8.32 Å². The topological polar surface area (TPSA) is 60.5 Å². The quantitative estimate of drug-likeness (QED) is 0.442. The minimum Gasteiger partial charge on any atom is -0.407 e. The maximum Gasteiger partial charge on any atom is 0.193 e. The van der Waals surface area contributed by atoms with Crippen LogP contribution in [0.2, 0.25) is 18.1 Å². The number of ether oxygens (including phenoxy) is 1. The van der Waals surface area contributed by atoms with Gasteiger partial charge in [-0.15, -0.1) is 0 Å². The number of hydrogen-bond donors (Lipinski definition) is 1. The zero-order valence-electron chi connectivity index (χ0n) is 20.8. The van der Waals surface area contributed by atoms with E-state index in [1.54, 1.807) is 6.20 Å². The number of hydrogen-bond acceptors (Lipinski definition) is 4. The van der Waals surface area contributed by atoms with Gasteiger partial charge in [-0.25, -0.2) is 8.93 Å². The molecule has 0 saturated heterocycles. The Balaban J connectivity index is 2.34. The fraction of sp³-hybridized carbons (Fsp3) is 0.560. The molecule has 1 heterocycles.